The molecule has 0 heterocycles. The van der Waals surface area contributed by atoms with Crippen LogP contribution in [0.5, 0.6) is 0 Å². The maximum Gasteiger partial charge on any atom is 0.343 e. The van der Waals surface area contributed by atoms with E-state index in [-0.39, 0.29) is 16.3 Å². The van der Waals surface area contributed by atoms with Crippen LogP contribution in [-0.2, 0) is 9.53 Å². The molecule has 1 atom stereocenters. The number of hydrogen-bond acceptors (Lipinski definition) is 4. The standard InChI is InChI=1S/C17H12ClFN2O3/c1-10(16(22)21-14-8-3-2-5-11(14)9-20)24-17(23)15-12(18)6-4-7-13(15)19/h2-8,10H,1H3,(H,21,22)/t10-/m1/s1. The molecule has 0 aliphatic rings. The van der Waals surface area contributed by atoms with Crippen LogP contribution in [0.25, 0.3) is 0 Å². The van der Waals surface area contributed by atoms with Crippen molar-refractivity contribution in [2.45, 2.75) is 13.0 Å². The molecular formula is C17H12ClFN2O3. The molecule has 0 saturated heterocycles. The van der Waals surface area contributed by atoms with Gasteiger partial charge in [-0.25, -0.2) is 9.18 Å². The molecule has 0 aliphatic heterocycles. The summed E-state index contributed by atoms with van der Waals surface area (Å²) in [4.78, 5) is 24.1. The Bertz CT molecular complexity index is 813. The lowest BCUT2D eigenvalue weighted by Crippen LogP contribution is -2.30. The van der Waals surface area contributed by atoms with Gasteiger partial charge in [-0.2, -0.15) is 5.26 Å². The Balaban J connectivity index is 2.09. The van der Waals surface area contributed by atoms with Crippen molar-refractivity contribution in [1.29, 1.82) is 5.26 Å². The molecular weight excluding hydrogens is 335 g/mol. The molecule has 24 heavy (non-hydrogen) atoms. The summed E-state index contributed by atoms with van der Waals surface area (Å²) >= 11 is 5.78. The van der Waals surface area contributed by atoms with Crippen LogP contribution >= 0.6 is 11.6 Å². The fraction of sp³-hybridized carbons (Fsp3) is 0.118. The molecule has 7 heteroatoms. The maximum absolute atomic E-state index is 13.7. The molecule has 0 saturated carbocycles. The van der Waals surface area contributed by atoms with Gasteiger partial charge < -0.3 is 10.1 Å². The number of nitrogens with zero attached hydrogens (tertiary/aromatic N) is 1. The normalized spacial score (nSPS) is 11.2. The predicted octanol–water partition coefficient (Wildman–Crippen LogP) is 3.53. The first-order chi connectivity index (χ1) is 11.4. The van der Waals surface area contributed by atoms with E-state index in [1.54, 1.807) is 18.2 Å². The third-order valence-electron chi connectivity index (χ3n) is 3.13. The second kappa shape index (κ2) is 7.57. The number of nitriles is 1. The van der Waals surface area contributed by atoms with Crippen LogP contribution in [-0.4, -0.2) is 18.0 Å². The topological polar surface area (TPSA) is 79.2 Å². The lowest BCUT2D eigenvalue weighted by molar-refractivity contribution is -0.123. The molecule has 0 unspecified atom stereocenters. The van der Waals surface area contributed by atoms with E-state index in [4.69, 9.17) is 21.6 Å². The molecule has 1 N–H and O–H groups in total. The van der Waals surface area contributed by atoms with Crippen molar-refractivity contribution in [2.75, 3.05) is 5.32 Å². The minimum absolute atomic E-state index is 0.109. The van der Waals surface area contributed by atoms with Crippen LogP contribution in [0.2, 0.25) is 5.02 Å². The number of amides is 1. The number of carbonyl (C=O) groups excluding carboxylic acids is 2. The summed E-state index contributed by atoms with van der Waals surface area (Å²) in [5.41, 5.74) is 0.120. The fourth-order valence-electron chi connectivity index (χ4n) is 1.89. The monoisotopic (exact) mass is 346 g/mol. The molecule has 2 rings (SSSR count). The highest BCUT2D eigenvalue weighted by Gasteiger charge is 2.23. The first-order valence-corrected chi connectivity index (χ1v) is 7.27. The molecule has 0 bridgehead atoms. The molecule has 0 aromatic heterocycles. The van der Waals surface area contributed by atoms with Crippen LogP contribution in [0, 0.1) is 17.1 Å². The number of ether oxygens (including phenoxy) is 1. The summed E-state index contributed by atoms with van der Waals surface area (Å²) in [6.07, 6.45) is -1.21. The van der Waals surface area contributed by atoms with Crippen LogP contribution < -0.4 is 5.32 Å². The Labute approximate surface area is 142 Å². The zero-order valence-electron chi connectivity index (χ0n) is 12.5. The van der Waals surface area contributed by atoms with Crippen LogP contribution in [0.3, 0.4) is 0 Å². The molecule has 0 aliphatic carbocycles. The van der Waals surface area contributed by atoms with Gasteiger partial charge in [-0.3, -0.25) is 4.79 Å². The summed E-state index contributed by atoms with van der Waals surface area (Å²) in [5.74, 6) is -2.54. The number of para-hydroxylation sites is 1. The second-order valence-corrected chi connectivity index (χ2v) is 5.20. The Morgan fingerprint density at radius 1 is 1.25 bits per heavy atom. The van der Waals surface area contributed by atoms with E-state index >= 15 is 0 Å². The number of nitrogens with one attached hydrogen (secondary N) is 1. The van der Waals surface area contributed by atoms with Gasteiger partial charge >= 0.3 is 5.97 Å². The first kappa shape index (κ1) is 17.4. The molecule has 5 nitrogen and oxygen atoms in total. The quantitative estimate of drug-likeness (QED) is 0.859. The van der Waals surface area contributed by atoms with Crippen molar-refractivity contribution in [3.05, 3.63) is 64.4 Å². The van der Waals surface area contributed by atoms with Crippen LogP contribution in [0.4, 0.5) is 10.1 Å². The number of rotatable bonds is 4. The second-order valence-electron chi connectivity index (χ2n) is 4.79. The van der Waals surface area contributed by atoms with Gasteiger partial charge in [-0.1, -0.05) is 29.8 Å². The van der Waals surface area contributed by atoms with Crippen LogP contribution in [0.1, 0.15) is 22.8 Å². The minimum Gasteiger partial charge on any atom is -0.449 e. The van der Waals surface area contributed by atoms with Gasteiger partial charge in [0.25, 0.3) is 5.91 Å². The van der Waals surface area contributed by atoms with Crippen molar-refractivity contribution >= 4 is 29.2 Å². The largest absolute Gasteiger partial charge is 0.449 e. The van der Waals surface area contributed by atoms with Gasteiger partial charge in [-0.15, -0.1) is 0 Å². The first-order valence-electron chi connectivity index (χ1n) is 6.89. The third-order valence-corrected chi connectivity index (χ3v) is 3.44. The Kier molecular flexibility index (Phi) is 5.51. The van der Waals surface area contributed by atoms with Gasteiger partial charge in [0.1, 0.15) is 17.4 Å². The van der Waals surface area contributed by atoms with E-state index in [9.17, 15) is 14.0 Å². The zero-order chi connectivity index (χ0) is 17.7. The van der Waals surface area contributed by atoms with Gasteiger partial charge in [0.2, 0.25) is 0 Å². The Morgan fingerprint density at radius 3 is 2.62 bits per heavy atom. The van der Waals surface area contributed by atoms with Gasteiger partial charge in [-0.05, 0) is 31.2 Å². The molecule has 0 spiro atoms. The number of esters is 1. The summed E-state index contributed by atoms with van der Waals surface area (Å²) in [5, 5.41) is 11.4. The van der Waals surface area contributed by atoms with Crippen molar-refractivity contribution in [3.8, 4) is 6.07 Å². The maximum atomic E-state index is 13.7. The summed E-state index contributed by atoms with van der Waals surface area (Å²) in [6.45, 7) is 1.33. The van der Waals surface area contributed by atoms with E-state index in [0.29, 0.717) is 0 Å². The summed E-state index contributed by atoms with van der Waals surface area (Å²) in [6, 6.07) is 12.1. The molecule has 2 aromatic carbocycles. The lowest BCUT2D eigenvalue weighted by atomic mass is 10.2. The van der Waals surface area contributed by atoms with E-state index < -0.39 is 29.4 Å². The summed E-state index contributed by atoms with van der Waals surface area (Å²) < 4.78 is 18.6. The van der Waals surface area contributed by atoms with E-state index in [2.05, 4.69) is 5.32 Å². The minimum atomic E-state index is -1.21. The Hall–Kier alpha value is -2.91. The molecule has 0 radical (unpaired) electrons. The van der Waals surface area contributed by atoms with Crippen LogP contribution in [0.15, 0.2) is 42.5 Å². The molecule has 1 amide bonds. The molecule has 2 aromatic rings. The number of benzene rings is 2. The predicted molar refractivity (Wildman–Crippen MR) is 86.1 cm³/mol. The third kappa shape index (κ3) is 3.89. The average Bonchev–Trinajstić information content (AvgIpc) is 2.55. The van der Waals surface area contributed by atoms with Gasteiger partial charge in [0.05, 0.1) is 16.3 Å². The number of carbonyl (C=O) groups is 2. The number of halogens is 2. The highest BCUT2D eigenvalue weighted by Crippen LogP contribution is 2.21. The van der Waals surface area contributed by atoms with Crippen molar-refractivity contribution in [3.63, 3.8) is 0 Å². The smallest absolute Gasteiger partial charge is 0.343 e. The van der Waals surface area contributed by atoms with E-state index in [1.165, 1.54) is 25.1 Å². The zero-order valence-corrected chi connectivity index (χ0v) is 13.3. The molecule has 0 fully saturated rings. The van der Waals surface area contributed by atoms with E-state index in [0.717, 1.165) is 6.07 Å². The lowest BCUT2D eigenvalue weighted by Gasteiger charge is -2.14. The number of hydrogen-bond donors (Lipinski definition) is 1. The average molecular weight is 347 g/mol. The summed E-state index contributed by atoms with van der Waals surface area (Å²) in [7, 11) is 0. The van der Waals surface area contributed by atoms with E-state index in [1.807, 2.05) is 6.07 Å². The highest BCUT2D eigenvalue weighted by molar-refractivity contribution is 6.33. The Morgan fingerprint density at radius 2 is 1.96 bits per heavy atom. The SMILES string of the molecule is C[C@@H](OC(=O)c1c(F)cccc1Cl)C(=O)Nc1ccccc1C#N. The molecule has 122 valence electrons. The van der Waals surface area contributed by atoms with Crippen molar-refractivity contribution in [2.24, 2.45) is 0 Å². The highest BCUT2D eigenvalue weighted by atomic mass is 35.5. The van der Waals surface area contributed by atoms with Crippen molar-refractivity contribution < 1.29 is 18.7 Å². The number of anilines is 1. The van der Waals surface area contributed by atoms with Gasteiger partial charge in [0, 0.05) is 0 Å². The van der Waals surface area contributed by atoms with Gasteiger partial charge in [0.15, 0.2) is 6.10 Å². The fourth-order valence-corrected chi connectivity index (χ4v) is 2.13. The van der Waals surface area contributed by atoms with Crippen molar-refractivity contribution in [1.82, 2.24) is 0 Å².